The SMILES string of the molecule is O=C(CO)NC(=O)N=S(=O)=O. The van der Waals surface area contributed by atoms with Crippen LogP contribution in [0.5, 0.6) is 0 Å². The van der Waals surface area contributed by atoms with Crippen LogP contribution < -0.4 is 5.32 Å². The number of hydrogen-bond acceptors (Lipinski definition) is 5. The van der Waals surface area contributed by atoms with Gasteiger partial charge < -0.3 is 5.11 Å². The van der Waals surface area contributed by atoms with Crippen molar-refractivity contribution in [2.75, 3.05) is 6.61 Å². The Morgan fingerprint density at radius 1 is 1.45 bits per heavy atom. The molecule has 62 valence electrons. The highest BCUT2D eigenvalue weighted by Crippen LogP contribution is 1.72. The highest BCUT2D eigenvalue weighted by molar-refractivity contribution is 7.62. The summed E-state index contributed by atoms with van der Waals surface area (Å²) >= 11 is 0. The normalized spacial score (nSPS) is 8.45. The number of carbonyl (C=O) groups is 2. The zero-order valence-electron chi connectivity index (χ0n) is 5.14. The maximum atomic E-state index is 10.2. The van der Waals surface area contributed by atoms with Crippen molar-refractivity contribution in [3.63, 3.8) is 0 Å². The molecule has 0 bridgehead atoms. The average Bonchev–Trinajstić information content (AvgIpc) is 1.85. The van der Waals surface area contributed by atoms with E-state index in [1.54, 1.807) is 0 Å². The molecule has 0 rings (SSSR count). The van der Waals surface area contributed by atoms with Crippen LogP contribution in [0, 0.1) is 0 Å². The van der Waals surface area contributed by atoms with E-state index in [4.69, 9.17) is 5.11 Å². The van der Waals surface area contributed by atoms with Gasteiger partial charge in [0.25, 0.3) is 5.91 Å². The zero-order chi connectivity index (χ0) is 8.85. The van der Waals surface area contributed by atoms with Crippen LogP contribution in [0.3, 0.4) is 0 Å². The average molecular weight is 180 g/mol. The molecule has 0 saturated carbocycles. The van der Waals surface area contributed by atoms with Crippen molar-refractivity contribution in [2.24, 2.45) is 4.36 Å². The molecule has 11 heavy (non-hydrogen) atoms. The minimum absolute atomic E-state index is 0.896. The number of hydrogen-bond donors (Lipinski definition) is 2. The Hall–Kier alpha value is -1.28. The van der Waals surface area contributed by atoms with Crippen LogP contribution in [0.4, 0.5) is 4.79 Å². The van der Waals surface area contributed by atoms with E-state index < -0.39 is 29.0 Å². The van der Waals surface area contributed by atoms with Crippen LogP contribution in [-0.4, -0.2) is 32.1 Å². The summed E-state index contributed by atoms with van der Waals surface area (Å²) in [6.07, 6.45) is 0. The smallest absolute Gasteiger partial charge is 0.362 e. The second kappa shape index (κ2) is 4.52. The minimum Gasteiger partial charge on any atom is -0.387 e. The Morgan fingerprint density at radius 3 is 2.36 bits per heavy atom. The van der Waals surface area contributed by atoms with Crippen molar-refractivity contribution in [3.05, 3.63) is 0 Å². The number of aliphatic hydroxyl groups excluding tert-OH is 1. The first-order valence-corrected chi connectivity index (χ1v) is 3.35. The van der Waals surface area contributed by atoms with Gasteiger partial charge in [-0.05, 0) is 0 Å². The molecule has 0 spiro atoms. The van der Waals surface area contributed by atoms with Crippen molar-refractivity contribution < 1.29 is 23.1 Å². The van der Waals surface area contributed by atoms with Gasteiger partial charge in [-0.2, -0.15) is 8.42 Å². The van der Waals surface area contributed by atoms with Crippen molar-refractivity contribution in [3.8, 4) is 0 Å². The van der Waals surface area contributed by atoms with E-state index in [2.05, 4.69) is 4.36 Å². The molecule has 0 aromatic carbocycles. The van der Waals surface area contributed by atoms with E-state index >= 15 is 0 Å². The Kier molecular flexibility index (Phi) is 4.00. The number of nitrogens with zero attached hydrogens (tertiary/aromatic N) is 1. The van der Waals surface area contributed by atoms with Gasteiger partial charge in [0, 0.05) is 0 Å². The molecule has 0 aliphatic heterocycles. The lowest BCUT2D eigenvalue weighted by molar-refractivity contribution is -0.122. The number of rotatable bonds is 1. The van der Waals surface area contributed by atoms with Gasteiger partial charge in [0.15, 0.2) is 0 Å². The molecule has 0 atom stereocenters. The van der Waals surface area contributed by atoms with Gasteiger partial charge >= 0.3 is 16.5 Å². The summed E-state index contributed by atoms with van der Waals surface area (Å²) in [6.45, 7) is -0.896. The van der Waals surface area contributed by atoms with Crippen molar-refractivity contribution in [1.82, 2.24) is 5.32 Å². The van der Waals surface area contributed by atoms with Gasteiger partial charge in [0.2, 0.25) is 0 Å². The maximum Gasteiger partial charge on any atom is 0.362 e. The molecule has 0 aromatic heterocycles. The number of imide groups is 1. The summed E-state index contributed by atoms with van der Waals surface area (Å²) in [4.78, 5) is 20.4. The van der Waals surface area contributed by atoms with Crippen LogP contribution in [0.15, 0.2) is 4.36 Å². The van der Waals surface area contributed by atoms with Crippen LogP contribution in [0.2, 0.25) is 0 Å². The van der Waals surface area contributed by atoms with Crippen molar-refractivity contribution in [2.45, 2.75) is 0 Å². The quantitative estimate of drug-likeness (QED) is 0.498. The van der Waals surface area contributed by atoms with Crippen molar-refractivity contribution >= 4 is 22.4 Å². The number of amides is 3. The topological polar surface area (TPSA) is 113 Å². The fraction of sp³-hybridized carbons (Fsp3) is 0.333. The molecule has 8 heteroatoms. The highest BCUT2D eigenvalue weighted by Gasteiger charge is 2.03. The van der Waals surface area contributed by atoms with Crippen LogP contribution in [0.25, 0.3) is 0 Å². The maximum absolute atomic E-state index is 10.2. The molecule has 0 radical (unpaired) electrons. The second-order valence-corrected chi connectivity index (χ2v) is 1.94. The van der Waals surface area contributed by atoms with E-state index in [1.165, 1.54) is 5.32 Å². The predicted molar refractivity (Wildman–Crippen MR) is 32.0 cm³/mol. The Morgan fingerprint density at radius 2 is 2.00 bits per heavy atom. The molecule has 0 aromatic rings. The molecular formula is C3H4N2O5S. The molecule has 0 unspecified atom stereocenters. The summed E-state index contributed by atoms with van der Waals surface area (Å²) < 4.78 is 21.8. The summed E-state index contributed by atoms with van der Waals surface area (Å²) in [5.74, 6) is -1.01. The molecular weight excluding hydrogens is 176 g/mol. The van der Waals surface area contributed by atoms with Gasteiger partial charge in [-0.1, -0.05) is 4.36 Å². The first-order chi connectivity index (χ1) is 5.06. The highest BCUT2D eigenvalue weighted by atomic mass is 32.2. The number of urea groups is 1. The first kappa shape index (κ1) is 9.72. The Balaban J connectivity index is 4.10. The lowest BCUT2D eigenvalue weighted by Crippen LogP contribution is -2.30. The van der Waals surface area contributed by atoms with Crippen LogP contribution in [-0.2, 0) is 15.3 Å². The third-order valence-electron chi connectivity index (χ3n) is 0.547. The minimum atomic E-state index is -2.88. The lowest BCUT2D eigenvalue weighted by atomic mass is 10.6. The zero-order valence-corrected chi connectivity index (χ0v) is 5.96. The first-order valence-electron chi connectivity index (χ1n) is 2.32. The monoisotopic (exact) mass is 180 g/mol. The molecule has 0 fully saturated rings. The molecule has 0 saturated heterocycles. The molecule has 2 N–H and O–H groups in total. The molecule has 0 aliphatic carbocycles. The largest absolute Gasteiger partial charge is 0.387 e. The van der Waals surface area contributed by atoms with E-state index in [9.17, 15) is 18.0 Å². The number of nitrogens with one attached hydrogen (secondary N) is 1. The fourth-order valence-corrected chi connectivity index (χ4v) is 0.430. The van der Waals surface area contributed by atoms with E-state index in [1.807, 2.05) is 0 Å². The Bertz CT molecular complexity index is 283. The predicted octanol–water partition coefficient (Wildman–Crippen LogP) is -1.72. The van der Waals surface area contributed by atoms with Gasteiger partial charge in [-0.3, -0.25) is 10.1 Å². The summed E-state index contributed by atoms with van der Waals surface area (Å²) in [5.41, 5.74) is 0. The molecule has 7 nitrogen and oxygen atoms in total. The van der Waals surface area contributed by atoms with Gasteiger partial charge in [-0.15, -0.1) is 0 Å². The summed E-state index contributed by atoms with van der Waals surface area (Å²) in [6, 6.07) is -1.32. The van der Waals surface area contributed by atoms with Crippen molar-refractivity contribution in [1.29, 1.82) is 0 Å². The lowest BCUT2D eigenvalue weighted by Gasteiger charge is -1.91. The fourth-order valence-electron chi connectivity index (χ4n) is 0.249. The van der Waals surface area contributed by atoms with E-state index in [-0.39, 0.29) is 0 Å². The molecule has 3 amide bonds. The molecule has 0 aliphatic rings. The second-order valence-electron chi connectivity index (χ2n) is 1.32. The van der Waals surface area contributed by atoms with Crippen LogP contribution >= 0.6 is 0 Å². The standard InChI is InChI=1S/C3H4N2O5S/c6-1-2(7)4-3(8)5-11(9)10/h6H,1H2,(H,4,7,8). The summed E-state index contributed by atoms with van der Waals surface area (Å²) in [5, 5.41) is 9.53. The molecule has 0 heterocycles. The van der Waals surface area contributed by atoms with Gasteiger partial charge in [-0.25, -0.2) is 4.79 Å². The summed E-state index contributed by atoms with van der Waals surface area (Å²) in [7, 11) is -2.88. The van der Waals surface area contributed by atoms with Gasteiger partial charge in [0.1, 0.15) is 6.61 Å². The van der Waals surface area contributed by atoms with E-state index in [0.29, 0.717) is 0 Å². The number of carbonyl (C=O) groups excluding carboxylic acids is 2. The van der Waals surface area contributed by atoms with E-state index in [0.717, 1.165) is 0 Å². The third kappa shape index (κ3) is 5.18. The third-order valence-corrected chi connectivity index (χ3v) is 0.862. The van der Waals surface area contributed by atoms with Gasteiger partial charge in [0.05, 0.1) is 0 Å². The number of aliphatic hydroxyl groups is 1. The van der Waals surface area contributed by atoms with Crippen LogP contribution in [0.1, 0.15) is 0 Å². The Labute approximate surface area is 62.7 Å².